The lowest BCUT2D eigenvalue weighted by atomic mass is 10.0. The molecule has 0 spiro atoms. The smallest absolute Gasteiger partial charge is 0.254 e. The van der Waals surface area contributed by atoms with Gasteiger partial charge in [0.25, 0.3) is 5.91 Å². The van der Waals surface area contributed by atoms with E-state index in [1.165, 1.54) is 4.90 Å². The fraction of sp³-hybridized carbons (Fsp3) is 0.385. The van der Waals surface area contributed by atoms with Gasteiger partial charge in [-0.25, -0.2) is 0 Å². The number of anilines is 1. The van der Waals surface area contributed by atoms with Gasteiger partial charge in [-0.3, -0.25) is 9.59 Å². The molecule has 96 valence electrons. The van der Waals surface area contributed by atoms with Crippen molar-refractivity contribution in [1.29, 1.82) is 0 Å². The van der Waals surface area contributed by atoms with Crippen molar-refractivity contribution in [2.45, 2.75) is 12.8 Å². The Morgan fingerprint density at radius 3 is 2.94 bits per heavy atom. The number of carbonyl (C=O) groups excluding carboxylic acids is 2. The summed E-state index contributed by atoms with van der Waals surface area (Å²) in [5.74, 6) is -0.687. The molecular weight excluding hydrogens is 230 g/mol. The third-order valence-electron chi connectivity index (χ3n) is 3.03. The Bertz CT molecular complexity index is 485. The van der Waals surface area contributed by atoms with Crippen molar-refractivity contribution in [2.75, 3.05) is 25.5 Å². The summed E-state index contributed by atoms with van der Waals surface area (Å²) in [5.41, 5.74) is 7.92. The van der Waals surface area contributed by atoms with E-state index >= 15 is 0 Å². The van der Waals surface area contributed by atoms with Gasteiger partial charge in [-0.15, -0.1) is 0 Å². The van der Waals surface area contributed by atoms with E-state index in [1.807, 2.05) is 12.1 Å². The van der Waals surface area contributed by atoms with Crippen molar-refractivity contribution in [3.63, 3.8) is 0 Å². The summed E-state index contributed by atoms with van der Waals surface area (Å²) in [5, 5.41) is 3.29. The van der Waals surface area contributed by atoms with Crippen LogP contribution in [-0.4, -0.2) is 36.9 Å². The van der Waals surface area contributed by atoms with Crippen LogP contribution in [0.25, 0.3) is 0 Å². The number of primary amides is 1. The van der Waals surface area contributed by atoms with Crippen LogP contribution in [0, 0.1) is 0 Å². The first kappa shape index (κ1) is 12.4. The number of likely N-dealkylation sites (N-methyl/N-ethyl adjacent to an activating group) is 1. The first-order chi connectivity index (χ1) is 8.58. The Balaban J connectivity index is 2.18. The lowest BCUT2D eigenvalue weighted by Gasteiger charge is -2.20. The van der Waals surface area contributed by atoms with Crippen molar-refractivity contribution in [3.8, 4) is 0 Å². The lowest BCUT2D eigenvalue weighted by molar-refractivity contribution is -0.118. The molecule has 0 unspecified atom stereocenters. The first-order valence-electron chi connectivity index (χ1n) is 5.98. The number of hydrogen-bond donors (Lipinski definition) is 2. The van der Waals surface area contributed by atoms with Gasteiger partial charge in [-0.2, -0.15) is 0 Å². The third-order valence-corrected chi connectivity index (χ3v) is 3.03. The largest absolute Gasteiger partial charge is 0.385 e. The van der Waals surface area contributed by atoms with Gasteiger partial charge in [0, 0.05) is 24.8 Å². The quantitative estimate of drug-likeness (QED) is 0.821. The highest BCUT2D eigenvalue weighted by atomic mass is 16.2. The Morgan fingerprint density at radius 1 is 1.44 bits per heavy atom. The van der Waals surface area contributed by atoms with Gasteiger partial charge in [0.15, 0.2) is 0 Å². The van der Waals surface area contributed by atoms with Gasteiger partial charge in [0.05, 0.1) is 6.54 Å². The van der Waals surface area contributed by atoms with E-state index < -0.39 is 5.91 Å². The molecule has 0 aliphatic carbocycles. The van der Waals surface area contributed by atoms with Crippen LogP contribution in [-0.2, 0) is 11.2 Å². The second-order valence-electron chi connectivity index (χ2n) is 4.53. The van der Waals surface area contributed by atoms with Gasteiger partial charge in [-0.05, 0) is 36.6 Å². The van der Waals surface area contributed by atoms with Crippen molar-refractivity contribution >= 4 is 17.5 Å². The van der Waals surface area contributed by atoms with E-state index in [1.54, 1.807) is 13.1 Å². The first-order valence-corrected chi connectivity index (χ1v) is 5.98. The number of carbonyl (C=O) groups is 2. The summed E-state index contributed by atoms with van der Waals surface area (Å²) in [6.45, 7) is 0.913. The minimum atomic E-state index is -0.509. The van der Waals surface area contributed by atoms with Gasteiger partial charge < -0.3 is 16.0 Å². The molecule has 1 aromatic rings. The lowest BCUT2D eigenvalue weighted by Crippen LogP contribution is -2.35. The molecule has 0 saturated heterocycles. The zero-order chi connectivity index (χ0) is 13.1. The van der Waals surface area contributed by atoms with Crippen molar-refractivity contribution in [3.05, 3.63) is 29.3 Å². The van der Waals surface area contributed by atoms with Gasteiger partial charge in [-0.1, -0.05) is 0 Å². The summed E-state index contributed by atoms with van der Waals surface area (Å²) in [7, 11) is 1.57. The molecule has 0 saturated carbocycles. The number of nitrogens with two attached hydrogens (primary N) is 1. The average molecular weight is 247 g/mol. The zero-order valence-corrected chi connectivity index (χ0v) is 10.4. The Morgan fingerprint density at radius 2 is 2.22 bits per heavy atom. The predicted octanol–water partition coefficient (Wildman–Crippen LogP) is 0.602. The fourth-order valence-electron chi connectivity index (χ4n) is 2.13. The van der Waals surface area contributed by atoms with Crippen LogP contribution in [0.3, 0.4) is 0 Å². The highest BCUT2D eigenvalue weighted by Crippen LogP contribution is 2.23. The van der Waals surface area contributed by atoms with E-state index in [-0.39, 0.29) is 12.5 Å². The number of hydrogen-bond acceptors (Lipinski definition) is 3. The highest BCUT2D eigenvalue weighted by molar-refractivity contribution is 5.96. The van der Waals surface area contributed by atoms with Gasteiger partial charge in [0.2, 0.25) is 5.91 Å². The van der Waals surface area contributed by atoms with Crippen LogP contribution in [0.2, 0.25) is 0 Å². The highest BCUT2D eigenvalue weighted by Gasteiger charge is 2.16. The minimum Gasteiger partial charge on any atom is -0.385 e. The molecule has 2 rings (SSSR count). The normalized spacial score (nSPS) is 13.4. The molecule has 0 radical (unpaired) electrons. The maximum Gasteiger partial charge on any atom is 0.254 e. The van der Waals surface area contributed by atoms with E-state index in [0.29, 0.717) is 5.56 Å². The predicted molar refractivity (Wildman–Crippen MR) is 69.4 cm³/mol. The molecule has 3 N–H and O–H groups in total. The molecule has 2 amide bonds. The number of benzene rings is 1. The molecule has 0 fully saturated rings. The van der Waals surface area contributed by atoms with Gasteiger partial charge >= 0.3 is 0 Å². The molecule has 0 aromatic heterocycles. The summed E-state index contributed by atoms with van der Waals surface area (Å²) in [6, 6.07) is 5.58. The average Bonchev–Trinajstić information content (AvgIpc) is 2.36. The number of rotatable bonds is 3. The minimum absolute atomic E-state index is 0.0613. The number of aryl methyl sites for hydroxylation is 1. The van der Waals surface area contributed by atoms with E-state index in [0.717, 1.165) is 30.6 Å². The van der Waals surface area contributed by atoms with Crippen molar-refractivity contribution in [1.82, 2.24) is 4.90 Å². The van der Waals surface area contributed by atoms with E-state index in [9.17, 15) is 9.59 Å². The SMILES string of the molecule is CN(CC(N)=O)C(=O)c1ccc2c(c1)CCCN2. The number of nitrogens with zero attached hydrogens (tertiary/aromatic N) is 1. The molecule has 18 heavy (non-hydrogen) atoms. The molecule has 5 nitrogen and oxygen atoms in total. The van der Waals surface area contributed by atoms with Crippen LogP contribution in [0.5, 0.6) is 0 Å². The number of fused-ring (bicyclic) bond motifs is 1. The van der Waals surface area contributed by atoms with Crippen molar-refractivity contribution in [2.24, 2.45) is 5.73 Å². The molecule has 1 aromatic carbocycles. The molecule has 1 aliphatic rings. The number of nitrogens with one attached hydrogen (secondary N) is 1. The molecule has 1 heterocycles. The van der Waals surface area contributed by atoms with Crippen LogP contribution < -0.4 is 11.1 Å². The van der Waals surface area contributed by atoms with E-state index in [4.69, 9.17) is 5.73 Å². The summed E-state index contributed by atoms with van der Waals surface area (Å²) in [6.07, 6.45) is 2.05. The molecular formula is C13H17N3O2. The Labute approximate surface area is 106 Å². The van der Waals surface area contributed by atoms with Gasteiger partial charge in [0.1, 0.15) is 0 Å². The van der Waals surface area contributed by atoms with E-state index in [2.05, 4.69) is 5.32 Å². The summed E-state index contributed by atoms with van der Waals surface area (Å²) in [4.78, 5) is 24.2. The molecule has 0 bridgehead atoms. The standard InChI is InChI=1S/C13H17N3O2/c1-16(8-12(14)17)13(18)10-4-5-11-9(7-10)3-2-6-15-11/h4-5,7,15H,2-3,6,8H2,1H3,(H2,14,17). The van der Waals surface area contributed by atoms with Crippen LogP contribution in [0.4, 0.5) is 5.69 Å². The van der Waals surface area contributed by atoms with Crippen LogP contribution in [0.15, 0.2) is 18.2 Å². The number of amides is 2. The monoisotopic (exact) mass is 247 g/mol. The summed E-state index contributed by atoms with van der Waals surface area (Å²) >= 11 is 0. The molecule has 0 atom stereocenters. The topological polar surface area (TPSA) is 75.4 Å². The molecule has 1 aliphatic heterocycles. The van der Waals surface area contributed by atoms with Crippen molar-refractivity contribution < 1.29 is 9.59 Å². The Hall–Kier alpha value is -2.04. The second-order valence-corrected chi connectivity index (χ2v) is 4.53. The Kier molecular flexibility index (Phi) is 3.50. The second kappa shape index (κ2) is 5.08. The maximum absolute atomic E-state index is 12.1. The van der Waals surface area contributed by atoms with Crippen LogP contribution >= 0.6 is 0 Å². The maximum atomic E-state index is 12.1. The van der Waals surface area contributed by atoms with Crippen LogP contribution in [0.1, 0.15) is 22.3 Å². The fourth-order valence-corrected chi connectivity index (χ4v) is 2.13. The zero-order valence-electron chi connectivity index (χ0n) is 10.4. The molecule has 5 heteroatoms. The summed E-state index contributed by atoms with van der Waals surface area (Å²) < 4.78 is 0. The third kappa shape index (κ3) is 2.61.